The van der Waals surface area contributed by atoms with Crippen molar-refractivity contribution in [3.63, 3.8) is 0 Å². The van der Waals surface area contributed by atoms with Gasteiger partial charge in [0.1, 0.15) is 18.7 Å². The lowest BCUT2D eigenvalue weighted by Gasteiger charge is -2.19. The van der Waals surface area contributed by atoms with Gasteiger partial charge in [0.2, 0.25) is 0 Å². The van der Waals surface area contributed by atoms with E-state index in [0.717, 1.165) is 0 Å². The van der Waals surface area contributed by atoms with Crippen LogP contribution >= 0.6 is 0 Å². The number of hydrogen-bond acceptors (Lipinski definition) is 6. The van der Waals surface area contributed by atoms with Crippen molar-refractivity contribution < 1.29 is 20.7 Å². The van der Waals surface area contributed by atoms with Gasteiger partial charge in [-0.3, -0.25) is 9.88 Å². The number of carbonyl (C=O) groups is 1. The maximum atomic E-state index is 11.9. The summed E-state index contributed by atoms with van der Waals surface area (Å²) in [6.07, 6.45) is -0.993. The SMILES string of the molecule is [2H]C[C@H]1O[C@@H](n2cc3c(nc2=O)NC(=O)OC3)C[C@H]1O. The molecule has 3 atom stereocenters. The molecule has 3 rings (SSSR count). The summed E-state index contributed by atoms with van der Waals surface area (Å²) >= 11 is 0. The molecule has 19 heavy (non-hydrogen) atoms. The van der Waals surface area contributed by atoms with Crippen LogP contribution < -0.4 is 11.0 Å². The maximum Gasteiger partial charge on any atom is 0.413 e. The van der Waals surface area contributed by atoms with Gasteiger partial charge in [0.15, 0.2) is 0 Å². The highest BCUT2D eigenvalue weighted by molar-refractivity contribution is 5.85. The number of carbonyl (C=O) groups excluding carboxylic acids is 1. The van der Waals surface area contributed by atoms with Gasteiger partial charge in [-0.15, -0.1) is 0 Å². The van der Waals surface area contributed by atoms with Crippen LogP contribution in [-0.2, 0) is 16.1 Å². The quantitative estimate of drug-likeness (QED) is 0.741. The summed E-state index contributed by atoms with van der Waals surface area (Å²) in [5, 5.41) is 12.1. The van der Waals surface area contributed by atoms with Crippen LogP contribution in [0.15, 0.2) is 11.0 Å². The molecule has 1 fully saturated rings. The predicted octanol–water partition coefficient (Wildman–Crippen LogP) is -0.0263. The number of nitrogens with one attached hydrogen (secondary N) is 1. The number of rotatable bonds is 1. The molecule has 0 spiro atoms. The third kappa shape index (κ3) is 2.08. The molecule has 1 aromatic rings. The highest BCUT2D eigenvalue weighted by atomic mass is 16.6. The molecule has 102 valence electrons. The molecule has 0 bridgehead atoms. The molecule has 3 heterocycles. The van der Waals surface area contributed by atoms with Crippen molar-refractivity contribution >= 4 is 11.9 Å². The number of anilines is 1. The fraction of sp³-hybridized carbons (Fsp3) is 0.545. The Kier molecular flexibility index (Phi) is 2.49. The smallest absolute Gasteiger partial charge is 0.413 e. The zero-order valence-electron chi connectivity index (χ0n) is 10.9. The van der Waals surface area contributed by atoms with E-state index in [9.17, 15) is 14.7 Å². The van der Waals surface area contributed by atoms with E-state index in [-0.39, 0.29) is 25.7 Å². The van der Waals surface area contributed by atoms with Crippen molar-refractivity contribution in [1.82, 2.24) is 9.55 Å². The van der Waals surface area contributed by atoms with Crippen molar-refractivity contribution in [2.24, 2.45) is 0 Å². The van der Waals surface area contributed by atoms with Crippen LogP contribution in [0.4, 0.5) is 10.6 Å². The van der Waals surface area contributed by atoms with Gasteiger partial charge in [0.25, 0.3) is 0 Å². The number of nitrogens with zero attached hydrogens (tertiary/aromatic N) is 2. The molecule has 8 heteroatoms. The molecular formula is C11H13N3O5. The van der Waals surface area contributed by atoms with Crippen LogP contribution in [0.25, 0.3) is 0 Å². The Hall–Kier alpha value is -1.93. The standard InChI is InChI=1S/C11H13N3O5/c1-5-7(15)2-8(19-5)14-3-6-4-18-11(17)13-9(6)12-10(14)16/h3,5,7-8,15H,2,4H2,1H3,(H,12,13,16,17)/t5-,7-,8-/m1/s1/i1D. The number of aromatic nitrogens is 2. The van der Waals surface area contributed by atoms with Gasteiger partial charge in [0.05, 0.1) is 12.2 Å². The van der Waals surface area contributed by atoms with E-state index in [1.165, 1.54) is 10.8 Å². The zero-order chi connectivity index (χ0) is 14.3. The van der Waals surface area contributed by atoms with Crippen molar-refractivity contribution in [2.45, 2.75) is 38.4 Å². The van der Waals surface area contributed by atoms with Crippen molar-refractivity contribution in [3.8, 4) is 0 Å². The molecule has 0 saturated carbocycles. The number of amides is 1. The number of aliphatic hydroxyl groups excluding tert-OH is 1. The average molecular weight is 268 g/mol. The van der Waals surface area contributed by atoms with Gasteiger partial charge in [-0.2, -0.15) is 4.98 Å². The summed E-state index contributed by atoms with van der Waals surface area (Å²) in [6, 6.07) is 0. The largest absolute Gasteiger partial charge is 0.444 e. The Morgan fingerprint density at radius 2 is 2.47 bits per heavy atom. The average Bonchev–Trinajstić information content (AvgIpc) is 2.79. The lowest BCUT2D eigenvalue weighted by atomic mass is 10.2. The summed E-state index contributed by atoms with van der Waals surface area (Å²) < 4.78 is 18.8. The highest BCUT2D eigenvalue weighted by Crippen LogP contribution is 2.28. The molecule has 0 aromatic carbocycles. The number of fused-ring (bicyclic) bond motifs is 1. The predicted molar refractivity (Wildman–Crippen MR) is 62.5 cm³/mol. The molecule has 0 aliphatic carbocycles. The highest BCUT2D eigenvalue weighted by Gasteiger charge is 2.33. The van der Waals surface area contributed by atoms with E-state index in [1.807, 2.05) is 0 Å². The molecular weight excluding hydrogens is 254 g/mol. The molecule has 2 aliphatic rings. The van der Waals surface area contributed by atoms with Crippen LogP contribution in [0.2, 0.25) is 0 Å². The molecule has 0 unspecified atom stereocenters. The molecule has 2 aliphatic heterocycles. The zero-order valence-corrected chi connectivity index (χ0v) is 9.91. The summed E-state index contributed by atoms with van der Waals surface area (Å²) in [5.41, 5.74) is -0.0367. The van der Waals surface area contributed by atoms with Crippen molar-refractivity contribution in [1.29, 1.82) is 0 Å². The summed E-state index contributed by atoms with van der Waals surface area (Å²) in [7, 11) is 0. The Morgan fingerprint density at radius 3 is 3.21 bits per heavy atom. The Morgan fingerprint density at radius 1 is 1.63 bits per heavy atom. The van der Waals surface area contributed by atoms with Gasteiger partial charge >= 0.3 is 11.8 Å². The fourth-order valence-corrected chi connectivity index (χ4v) is 2.09. The van der Waals surface area contributed by atoms with Crippen LogP contribution in [0.5, 0.6) is 0 Å². The second-order valence-electron chi connectivity index (χ2n) is 4.44. The minimum atomic E-state index is -0.781. The normalized spacial score (nSPS) is 30.3. The van der Waals surface area contributed by atoms with E-state index in [1.54, 1.807) is 0 Å². The van der Waals surface area contributed by atoms with E-state index >= 15 is 0 Å². The van der Waals surface area contributed by atoms with Crippen molar-refractivity contribution in [2.75, 3.05) is 5.32 Å². The lowest BCUT2D eigenvalue weighted by Crippen LogP contribution is -2.32. The van der Waals surface area contributed by atoms with Gasteiger partial charge < -0.3 is 14.6 Å². The van der Waals surface area contributed by atoms with E-state index in [4.69, 9.17) is 10.8 Å². The van der Waals surface area contributed by atoms with Gasteiger partial charge in [-0.05, 0) is 6.90 Å². The summed E-state index contributed by atoms with van der Waals surface area (Å²) in [5.74, 6) is 0.179. The summed E-state index contributed by atoms with van der Waals surface area (Å²) in [4.78, 5) is 26.8. The third-order valence-corrected chi connectivity index (χ3v) is 3.12. The molecule has 1 amide bonds. The van der Waals surface area contributed by atoms with Crippen LogP contribution in [0.1, 0.15) is 26.5 Å². The molecule has 2 N–H and O–H groups in total. The minimum absolute atomic E-state index is 0.0194. The lowest BCUT2D eigenvalue weighted by molar-refractivity contribution is -0.0103. The van der Waals surface area contributed by atoms with Gasteiger partial charge in [-0.1, -0.05) is 0 Å². The van der Waals surface area contributed by atoms with E-state index in [2.05, 4.69) is 10.3 Å². The first-order valence-corrected chi connectivity index (χ1v) is 5.77. The van der Waals surface area contributed by atoms with Gasteiger partial charge in [-0.25, -0.2) is 9.59 Å². The number of cyclic esters (lactones) is 1. The first-order chi connectivity index (χ1) is 9.58. The second kappa shape index (κ2) is 4.32. The Bertz CT molecular complexity index is 604. The molecule has 8 nitrogen and oxygen atoms in total. The Labute approximate surface area is 109 Å². The molecule has 1 saturated heterocycles. The first-order valence-electron chi connectivity index (χ1n) is 6.48. The Balaban J connectivity index is 1.92. The van der Waals surface area contributed by atoms with E-state index < -0.39 is 30.2 Å². The van der Waals surface area contributed by atoms with Crippen LogP contribution in [0.3, 0.4) is 0 Å². The summed E-state index contributed by atoms with van der Waals surface area (Å²) in [6.45, 7) is -0.0600. The first kappa shape index (κ1) is 10.9. The van der Waals surface area contributed by atoms with E-state index in [0.29, 0.717) is 5.56 Å². The number of ether oxygens (including phenoxy) is 2. The molecule has 0 radical (unpaired) electrons. The second-order valence-corrected chi connectivity index (χ2v) is 4.44. The third-order valence-electron chi connectivity index (χ3n) is 3.12. The monoisotopic (exact) mass is 268 g/mol. The van der Waals surface area contributed by atoms with Crippen LogP contribution in [0, 0.1) is 0 Å². The van der Waals surface area contributed by atoms with Crippen molar-refractivity contribution in [3.05, 3.63) is 22.2 Å². The fourth-order valence-electron chi connectivity index (χ4n) is 2.09. The van der Waals surface area contributed by atoms with Gasteiger partial charge in [0, 0.05) is 19.6 Å². The molecule has 1 aromatic heterocycles. The minimum Gasteiger partial charge on any atom is -0.444 e. The topological polar surface area (TPSA) is 103 Å². The van der Waals surface area contributed by atoms with Crippen LogP contribution in [-0.4, -0.2) is 33.0 Å². The maximum absolute atomic E-state index is 11.9. The number of hydrogen-bond donors (Lipinski definition) is 2. The number of aliphatic hydroxyl groups is 1.